The van der Waals surface area contributed by atoms with E-state index >= 15 is 0 Å². The predicted octanol–water partition coefficient (Wildman–Crippen LogP) is 0.892. The summed E-state index contributed by atoms with van der Waals surface area (Å²) >= 11 is 0. The molecule has 1 saturated heterocycles. The number of pyridine rings is 1. The Morgan fingerprint density at radius 3 is 3.00 bits per heavy atom. The van der Waals surface area contributed by atoms with E-state index in [0.29, 0.717) is 11.9 Å². The molecule has 0 radical (unpaired) electrons. The molecule has 6 heteroatoms. The molecule has 1 aliphatic heterocycles. The zero-order chi connectivity index (χ0) is 14.0. The normalized spacial score (nSPS) is 19.6. The Kier molecular flexibility index (Phi) is 3.90. The summed E-state index contributed by atoms with van der Waals surface area (Å²) in [6, 6.07) is 1.90. The van der Waals surface area contributed by atoms with Crippen LogP contribution in [0.1, 0.15) is 23.2 Å². The second kappa shape index (κ2) is 5.44. The van der Waals surface area contributed by atoms with Crippen LogP contribution in [0.3, 0.4) is 0 Å². The van der Waals surface area contributed by atoms with Crippen molar-refractivity contribution in [1.82, 2.24) is 9.88 Å². The van der Waals surface area contributed by atoms with Crippen molar-refractivity contribution in [3.63, 3.8) is 0 Å². The Morgan fingerprint density at radius 1 is 1.68 bits per heavy atom. The van der Waals surface area contributed by atoms with Crippen LogP contribution in [-0.2, 0) is 0 Å². The first kappa shape index (κ1) is 13.6. The van der Waals surface area contributed by atoms with Crippen molar-refractivity contribution in [2.45, 2.75) is 18.9 Å². The number of nitrogens with zero attached hydrogens (tertiary/aromatic N) is 3. The van der Waals surface area contributed by atoms with E-state index in [9.17, 15) is 4.79 Å². The van der Waals surface area contributed by atoms with Gasteiger partial charge in [0.25, 0.3) is 0 Å². The molecule has 1 aromatic rings. The number of likely N-dealkylation sites (tertiary alicyclic amines) is 1. The average Bonchev–Trinajstić information content (AvgIpc) is 2.74. The van der Waals surface area contributed by atoms with E-state index in [2.05, 4.69) is 16.9 Å². The van der Waals surface area contributed by atoms with Gasteiger partial charge in [-0.15, -0.1) is 0 Å². The number of aromatic carboxylic acids is 1. The van der Waals surface area contributed by atoms with Crippen LogP contribution < -0.4 is 10.6 Å². The van der Waals surface area contributed by atoms with Crippen LogP contribution in [-0.4, -0.2) is 54.2 Å². The van der Waals surface area contributed by atoms with E-state index in [4.69, 9.17) is 10.8 Å². The van der Waals surface area contributed by atoms with Crippen molar-refractivity contribution >= 4 is 17.5 Å². The third-order valence-corrected chi connectivity index (χ3v) is 3.72. The molecule has 1 aliphatic rings. The summed E-state index contributed by atoms with van der Waals surface area (Å²) in [5.41, 5.74) is 6.24. The van der Waals surface area contributed by atoms with Gasteiger partial charge in [0.1, 0.15) is 0 Å². The quantitative estimate of drug-likeness (QED) is 0.840. The maximum absolute atomic E-state index is 11.1. The van der Waals surface area contributed by atoms with Crippen LogP contribution in [0, 0.1) is 0 Å². The number of likely N-dealkylation sites (N-methyl/N-ethyl adjacent to an activating group) is 2. The molecule has 0 aromatic carbocycles. The van der Waals surface area contributed by atoms with Gasteiger partial charge >= 0.3 is 5.97 Å². The Bertz CT molecular complexity index is 478. The molecule has 104 valence electrons. The number of anilines is 2. The zero-order valence-electron chi connectivity index (χ0n) is 11.3. The summed E-state index contributed by atoms with van der Waals surface area (Å²) in [6.45, 7) is 1.91. The predicted molar refractivity (Wildman–Crippen MR) is 74.5 cm³/mol. The maximum atomic E-state index is 11.1. The highest BCUT2D eigenvalue weighted by atomic mass is 16.4. The molecule has 1 fully saturated rings. The lowest BCUT2D eigenvalue weighted by Crippen LogP contribution is -2.37. The van der Waals surface area contributed by atoms with Crippen LogP contribution in [0.25, 0.3) is 0 Å². The van der Waals surface area contributed by atoms with Crippen molar-refractivity contribution < 1.29 is 9.90 Å². The fourth-order valence-electron chi connectivity index (χ4n) is 2.57. The van der Waals surface area contributed by atoms with Crippen molar-refractivity contribution in [1.29, 1.82) is 0 Å². The van der Waals surface area contributed by atoms with Gasteiger partial charge in [0.2, 0.25) is 0 Å². The highest BCUT2D eigenvalue weighted by Gasteiger charge is 2.24. The SMILES string of the molecule is CN(CC1CCCN1C)c1nccc(C(=O)O)c1N. The second-order valence-corrected chi connectivity index (χ2v) is 5.06. The summed E-state index contributed by atoms with van der Waals surface area (Å²) in [5.74, 6) is -0.479. The molecule has 0 spiro atoms. The molecule has 19 heavy (non-hydrogen) atoms. The van der Waals surface area contributed by atoms with Gasteiger partial charge in [-0.05, 0) is 32.5 Å². The number of aromatic nitrogens is 1. The number of nitrogens with two attached hydrogens (primary N) is 1. The fourth-order valence-corrected chi connectivity index (χ4v) is 2.57. The molecule has 3 N–H and O–H groups in total. The van der Waals surface area contributed by atoms with Gasteiger partial charge in [0, 0.05) is 25.8 Å². The second-order valence-electron chi connectivity index (χ2n) is 5.06. The lowest BCUT2D eigenvalue weighted by atomic mass is 10.2. The Labute approximate surface area is 112 Å². The summed E-state index contributed by atoms with van der Waals surface area (Å²) in [5, 5.41) is 9.06. The fraction of sp³-hybridized carbons (Fsp3) is 0.538. The average molecular weight is 264 g/mol. The van der Waals surface area contributed by atoms with Crippen LogP contribution in [0.5, 0.6) is 0 Å². The third kappa shape index (κ3) is 2.78. The molecule has 1 atom stereocenters. The summed E-state index contributed by atoms with van der Waals surface area (Å²) < 4.78 is 0. The number of hydrogen-bond acceptors (Lipinski definition) is 5. The van der Waals surface area contributed by atoms with Crippen molar-refractivity contribution in [3.05, 3.63) is 17.8 Å². The topological polar surface area (TPSA) is 82.7 Å². The molecule has 0 aliphatic carbocycles. The van der Waals surface area contributed by atoms with Crippen LogP contribution >= 0.6 is 0 Å². The lowest BCUT2D eigenvalue weighted by Gasteiger charge is -2.27. The number of carbonyl (C=O) groups is 1. The molecule has 2 rings (SSSR count). The molecule has 2 heterocycles. The molecule has 0 amide bonds. The highest BCUT2D eigenvalue weighted by molar-refractivity contribution is 5.96. The standard InChI is InChI=1S/C13H20N4O2/c1-16-7-3-4-9(16)8-17(2)12-11(14)10(13(18)19)5-6-15-12/h5-6,9H,3-4,7-8,14H2,1-2H3,(H,18,19). The van der Waals surface area contributed by atoms with Crippen molar-refractivity contribution in [2.24, 2.45) is 0 Å². The van der Waals surface area contributed by atoms with Gasteiger partial charge < -0.3 is 20.6 Å². The van der Waals surface area contributed by atoms with E-state index in [1.165, 1.54) is 18.7 Å². The summed E-state index contributed by atoms with van der Waals surface area (Å²) in [6.07, 6.45) is 3.84. The van der Waals surface area contributed by atoms with Gasteiger partial charge in [0.05, 0.1) is 11.3 Å². The van der Waals surface area contributed by atoms with Crippen molar-refractivity contribution in [2.75, 3.05) is 37.8 Å². The molecular formula is C13H20N4O2. The zero-order valence-corrected chi connectivity index (χ0v) is 11.3. The van der Waals surface area contributed by atoms with Gasteiger partial charge in [-0.3, -0.25) is 0 Å². The Morgan fingerprint density at radius 2 is 2.42 bits per heavy atom. The molecular weight excluding hydrogens is 244 g/mol. The molecule has 6 nitrogen and oxygen atoms in total. The minimum atomic E-state index is -1.02. The first-order valence-electron chi connectivity index (χ1n) is 6.40. The monoisotopic (exact) mass is 264 g/mol. The highest BCUT2D eigenvalue weighted by Crippen LogP contribution is 2.25. The molecule has 0 saturated carbocycles. The van der Waals surface area contributed by atoms with Crippen LogP contribution in [0.4, 0.5) is 11.5 Å². The Hall–Kier alpha value is -1.82. The van der Waals surface area contributed by atoms with Gasteiger partial charge in [-0.1, -0.05) is 0 Å². The van der Waals surface area contributed by atoms with Gasteiger partial charge in [-0.2, -0.15) is 0 Å². The van der Waals surface area contributed by atoms with Crippen molar-refractivity contribution in [3.8, 4) is 0 Å². The van der Waals surface area contributed by atoms with E-state index in [1.807, 2.05) is 11.9 Å². The number of carboxylic acids is 1. The van der Waals surface area contributed by atoms with Gasteiger partial charge in [0.15, 0.2) is 5.82 Å². The summed E-state index contributed by atoms with van der Waals surface area (Å²) in [7, 11) is 4.01. The largest absolute Gasteiger partial charge is 0.478 e. The smallest absolute Gasteiger partial charge is 0.337 e. The lowest BCUT2D eigenvalue weighted by molar-refractivity contribution is 0.0698. The minimum absolute atomic E-state index is 0.108. The first-order chi connectivity index (χ1) is 9.00. The number of hydrogen-bond donors (Lipinski definition) is 2. The number of carboxylic acid groups (broad SMARTS) is 1. The van der Waals surface area contributed by atoms with Crippen LogP contribution in [0.15, 0.2) is 12.3 Å². The maximum Gasteiger partial charge on any atom is 0.337 e. The first-order valence-corrected chi connectivity index (χ1v) is 6.40. The summed E-state index contributed by atoms with van der Waals surface area (Å²) in [4.78, 5) is 19.5. The Balaban J connectivity index is 2.17. The van der Waals surface area contributed by atoms with Crippen LogP contribution in [0.2, 0.25) is 0 Å². The van der Waals surface area contributed by atoms with Gasteiger partial charge in [-0.25, -0.2) is 9.78 Å². The van der Waals surface area contributed by atoms with E-state index in [-0.39, 0.29) is 11.3 Å². The molecule has 1 unspecified atom stereocenters. The number of nitrogen functional groups attached to an aromatic ring is 1. The minimum Gasteiger partial charge on any atom is -0.478 e. The van der Waals surface area contributed by atoms with E-state index < -0.39 is 5.97 Å². The van der Waals surface area contributed by atoms with E-state index in [0.717, 1.165) is 19.5 Å². The number of rotatable bonds is 4. The van der Waals surface area contributed by atoms with E-state index in [1.54, 1.807) is 0 Å². The third-order valence-electron chi connectivity index (χ3n) is 3.72. The molecule has 1 aromatic heterocycles. The molecule has 0 bridgehead atoms.